The molecule has 0 fully saturated rings. The van der Waals surface area contributed by atoms with Crippen molar-refractivity contribution in [1.29, 1.82) is 0 Å². The van der Waals surface area contributed by atoms with Gasteiger partial charge in [0.1, 0.15) is 5.75 Å². The lowest BCUT2D eigenvalue weighted by molar-refractivity contribution is -0.118. The molecule has 0 atom stereocenters. The number of halogens is 2. The Morgan fingerprint density at radius 3 is 2.27 bits per heavy atom. The first-order chi connectivity index (χ1) is 12.6. The van der Waals surface area contributed by atoms with E-state index in [2.05, 4.69) is 17.4 Å². The highest BCUT2D eigenvalue weighted by molar-refractivity contribution is 6.34. The van der Waals surface area contributed by atoms with E-state index >= 15 is 0 Å². The first kappa shape index (κ1) is 18.3. The smallest absolute Gasteiger partial charge is 0.262 e. The summed E-state index contributed by atoms with van der Waals surface area (Å²) < 4.78 is 5.48. The van der Waals surface area contributed by atoms with Crippen LogP contribution < -0.4 is 10.1 Å². The van der Waals surface area contributed by atoms with E-state index in [4.69, 9.17) is 27.9 Å². The number of amides is 1. The Kier molecular flexibility index (Phi) is 6.16. The molecule has 3 aromatic rings. The molecule has 0 bridgehead atoms. The molecule has 0 spiro atoms. The van der Waals surface area contributed by atoms with Crippen LogP contribution in [0.3, 0.4) is 0 Å². The van der Waals surface area contributed by atoms with Crippen LogP contribution in [0.2, 0.25) is 10.0 Å². The van der Waals surface area contributed by atoms with Gasteiger partial charge in [-0.3, -0.25) is 4.79 Å². The fourth-order valence-electron chi connectivity index (χ4n) is 2.56. The zero-order chi connectivity index (χ0) is 18.4. The number of anilines is 1. The first-order valence-corrected chi connectivity index (χ1v) is 8.86. The summed E-state index contributed by atoms with van der Waals surface area (Å²) >= 11 is 11.9. The Morgan fingerprint density at radius 2 is 1.54 bits per heavy atom. The number of para-hydroxylation sites is 1. The number of carbonyl (C=O) groups excluding carboxylic acids is 1. The fourth-order valence-corrected chi connectivity index (χ4v) is 3.07. The fraction of sp³-hybridized carbons (Fsp3) is 0.0952. The van der Waals surface area contributed by atoms with Crippen molar-refractivity contribution in [2.24, 2.45) is 0 Å². The van der Waals surface area contributed by atoms with Gasteiger partial charge in [-0.15, -0.1) is 0 Å². The summed E-state index contributed by atoms with van der Waals surface area (Å²) in [4.78, 5) is 12.3. The molecule has 0 aromatic heterocycles. The molecule has 0 unspecified atom stereocenters. The summed E-state index contributed by atoms with van der Waals surface area (Å²) in [6.07, 6.45) is 0.738. The van der Waals surface area contributed by atoms with Crippen molar-refractivity contribution >= 4 is 34.8 Å². The van der Waals surface area contributed by atoms with Crippen LogP contribution in [-0.2, 0) is 11.2 Å². The van der Waals surface area contributed by atoms with Gasteiger partial charge in [0, 0.05) is 15.7 Å². The minimum atomic E-state index is -0.249. The summed E-state index contributed by atoms with van der Waals surface area (Å²) in [7, 11) is 0. The molecular formula is C21H17Cl2NO2. The maximum Gasteiger partial charge on any atom is 0.262 e. The van der Waals surface area contributed by atoms with E-state index in [0.29, 0.717) is 15.8 Å². The number of benzene rings is 3. The maximum atomic E-state index is 12.3. The average Bonchev–Trinajstić information content (AvgIpc) is 2.62. The van der Waals surface area contributed by atoms with Crippen LogP contribution in [0.15, 0.2) is 72.8 Å². The van der Waals surface area contributed by atoms with Gasteiger partial charge in [0.2, 0.25) is 0 Å². The number of hydrogen-bond donors (Lipinski definition) is 1. The van der Waals surface area contributed by atoms with Gasteiger partial charge < -0.3 is 10.1 Å². The number of carbonyl (C=O) groups is 1. The molecular weight excluding hydrogens is 369 g/mol. The van der Waals surface area contributed by atoms with Crippen LogP contribution in [0.1, 0.15) is 11.1 Å². The van der Waals surface area contributed by atoms with E-state index in [1.807, 2.05) is 42.5 Å². The van der Waals surface area contributed by atoms with Gasteiger partial charge in [-0.25, -0.2) is 0 Å². The van der Waals surface area contributed by atoms with E-state index in [0.717, 1.165) is 17.7 Å². The standard InChI is InChI=1S/C21H17Cl2NO2/c22-17-11-18(23)13-19(12-17)26-14-21(25)24-20-9-5-4-8-16(20)10-15-6-2-1-3-7-15/h1-9,11-13H,10,14H2,(H,24,25). The molecule has 26 heavy (non-hydrogen) atoms. The normalized spacial score (nSPS) is 10.4. The van der Waals surface area contributed by atoms with Crippen molar-refractivity contribution in [3.05, 3.63) is 94.0 Å². The minimum Gasteiger partial charge on any atom is -0.484 e. The van der Waals surface area contributed by atoms with Crippen molar-refractivity contribution in [3.63, 3.8) is 0 Å². The van der Waals surface area contributed by atoms with Crippen molar-refractivity contribution < 1.29 is 9.53 Å². The molecule has 0 saturated heterocycles. The van der Waals surface area contributed by atoms with Crippen molar-refractivity contribution in [1.82, 2.24) is 0 Å². The summed E-state index contributed by atoms with van der Waals surface area (Å²) in [5.74, 6) is 0.205. The maximum absolute atomic E-state index is 12.3. The van der Waals surface area contributed by atoms with Crippen LogP contribution in [0.5, 0.6) is 5.75 Å². The van der Waals surface area contributed by atoms with Crippen LogP contribution in [-0.4, -0.2) is 12.5 Å². The lowest BCUT2D eigenvalue weighted by atomic mass is 10.0. The number of ether oxygens (including phenoxy) is 1. The van der Waals surface area contributed by atoms with Gasteiger partial charge >= 0.3 is 0 Å². The largest absolute Gasteiger partial charge is 0.484 e. The highest BCUT2D eigenvalue weighted by atomic mass is 35.5. The van der Waals surface area contributed by atoms with Crippen molar-refractivity contribution in [3.8, 4) is 5.75 Å². The van der Waals surface area contributed by atoms with Crippen LogP contribution >= 0.6 is 23.2 Å². The summed E-state index contributed by atoms with van der Waals surface area (Å²) in [5, 5.41) is 3.82. The second-order valence-electron chi connectivity index (χ2n) is 5.76. The SMILES string of the molecule is O=C(COc1cc(Cl)cc(Cl)c1)Nc1ccccc1Cc1ccccc1. The Balaban J connectivity index is 1.64. The number of nitrogens with one attached hydrogen (secondary N) is 1. The van der Waals surface area contributed by atoms with E-state index in [1.54, 1.807) is 18.2 Å². The predicted octanol–water partition coefficient (Wildman–Crippen LogP) is 5.60. The molecule has 0 aliphatic carbocycles. The molecule has 0 radical (unpaired) electrons. The number of rotatable bonds is 6. The second-order valence-corrected chi connectivity index (χ2v) is 6.63. The highest BCUT2D eigenvalue weighted by Gasteiger charge is 2.09. The topological polar surface area (TPSA) is 38.3 Å². The molecule has 3 rings (SSSR count). The van der Waals surface area contributed by atoms with Gasteiger partial charge in [0.15, 0.2) is 6.61 Å². The van der Waals surface area contributed by atoms with Gasteiger partial charge in [0.05, 0.1) is 0 Å². The molecule has 3 aromatic carbocycles. The molecule has 1 amide bonds. The molecule has 0 aliphatic rings. The number of hydrogen-bond acceptors (Lipinski definition) is 2. The summed E-state index contributed by atoms with van der Waals surface area (Å²) in [5.41, 5.74) is 2.99. The zero-order valence-electron chi connectivity index (χ0n) is 13.9. The lowest BCUT2D eigenvalue weighted by Crippen LogP contribution is -2.21. The Labute approximate surface area is 162 Å². The van der Waals surface area contributed by atoms with Gasteiger partial charge in [-0.05, 0) is 41.8 Å². The molecule has 0 heterocycles. The van der Waals surface area contributed by atoms with Gasteiger partial charge in [0.25, 0.3) is 5.91 Å². The van der Waals surface area contributed by atoms with Crippen LogP contribution in [0.4, 0.5) is 5.69 Å². The zero-order valence-corrected chi connectivity index (χ0v) is 15.4. The Hall–Kier alpha value is -2.49. The molecule has 1 N–H and O–H groups in total. The quantitative estimate of drug-likeness (QED) is 0.599. The Morgan fingerprint density at radius 1 is 0.885 bits per heavy atom. The van der Waals surface area contributed by atoms with Crippen LogP contribution in [0.25, 0.3) is 0 Å². The van der Waals surface area contributed by atoms with E-state index in [-0.39, 0.29) is 12.5 Å². The summed E-state index contributed by atoms with van der Waals surface area (Å²) in [6.45, 7) is -0.129. The van der Waals surface area contributed by atoms with E-state index < -0.39 is 0 Å². The monoisotopic (exact) mass is 385 g/mol. The molecule has 0 aliphatic heterocycles. The second kappa shape index (κ2) is 8.75. The molecule has 5 heteroatoms. The van der Waals surface area contributed by atoms with E-state index in [9.17, 15) is 4.79 Å². The lowest BCUT2D eigenvalue weighted by Gasteiger charge is -2.12. The van der Waals surface area contributed by atoms with Gasteiger partial charge in [-0.1, -0.05) is 71.7 Å². The van der Waals surface area contributed by atoms with Crippen molar-refractivity contribution in [2.75, 3.05) is 11.9 Å². The third-order valence-corrected chi connectivity index (χ3v) is 4.17. The molecule has 0 saturated carbocycles. The molecule has 132 valence electrons. The minimum absolute atomic E-state index is 0.129. The van der Waals surface area contributed by atoms with Gasteiger partial charge in [-0.2, -0.15) is 0 Å². The molecule has 3 nitrogen and oxygen atoms in total. The van der Waals surface area contributed by atoms with Crippen molar-refractivity contribution in [2.45, 2.75) is 6.42 Å². The average molecular weight is 386 g/mol. The third kappa shape index (κ3) is 5.25. The van der Waals surface area contributed by atoms with E-state index in [1.165, 1.54) is 5.56 Å². The third-order valence-electron chi connectivity index (χ3n) is 3.73. The highest BCUT2D eigenvalue weighted by Crippen LogP contribution is 2.24. The summed E-state index contributed by atoms with van der Waals surface area (Å²) in [6, 6.07) is 22.7. The van der Waals surface area contributed by atoms with Crippen LogP contribution in [0, 0.1) is 0 Å². The predicted molar refractivity (Wildman–Crippen MR) is 106 cm³/mol. The Bertz CT molecular complexity index is 877. The first-order valence-electron chi connectivity index (χ1n) is 8.11.